The number of phenolic OH excluding ortho intramolecular Hbond substituents is 1. The molecule has 0 radical (unpaired) electrons. The first kappa shape index (κ1) is 15.7. The molecule has 1 aromatic rings. The fraction of sp³-hybridized carbons (Fsp3) is 0.455. The number of phenols is 1. The standard InChI is InChI=1S/C11H16BrO5P/c1-3-16-18(15,17-4-2)11(14)9-7-8(12)5-6-10(9)13/h5-7,11,13-14H,3-4H2,1-2H3/t11-/m0/s1. The smallest absolute Gasteiger partial charge is 0.363 e. The van der Waals surface area contributed by atoms with Gasteiger partial charge in [-0.25, -0.2) is 0 Å². The molecular weight excluding hydrogens is 323 g/mol. The summed E-state index contributed by atoms with van der Waals surface area (Å²) in [6, 6.07) is 4.48. The average molecular weight is 339 g/mol. The van der Waals surface area contributed by atoms with E-state index in [1.54, 1.807) is 19.9 Å². The maximum absolute atomic E-state index is 12.4. The van der Waals surface area contributed by atoms with Crippen molar-refractivity contribution in [3.8, 4) is 5.75 Å². The molecule has 0 saturated heterocycles. The zero-order valence-electron chi connectivity index (χ0n) is 10.2. The van der Waals surface area contributed by atoms with Crippen molar-refractivity contribution >= 4 is 23.5 Å². The van der Waals surface area contributed by atoms with Crippen LogP contribution >= 0.6 is 23.5 Å². The molecule has 0 fully saturated rings. The molecule has 7 heteroatoms. The van der Waals surface area contributed by atoms with E-state index in [0.29, 0.717) is 4.47 Å². The highest BCUT2D eigenvalue weighted by molar-refractivity contribution is 9.10. The SMILES string of the molecule is CCOP(=O)(OCC)[C@H](O)c1cc(Br)ccc1O. The molecule has 1 aromatic carbocycles. The third-order valence-electron chi connectivity index (χ3n) is 2.19. The van der Waals surface area contributed by atoms with Gasteiger partial charge >= 0.3 is 7.60 Å². The molecule has 1 atom stereocenters. The van der Waals surface area contributed by atoms with Crippen LogP contribution in [-0.4, -0.2) is 23.4 Å². The Labute approximate surface area is 114 Å². The Balaban J connectivity index is 3.13. The van der Waals surface area contributed by atoms with Crippen molar-refractivity contribution in [2.24, 2.45) is 0 Å². The zero-order chi connectivity index (χ0) is 13.8. The van der Waals surface area contributed by atoms with E-state index in [4.69, 9.17) is 9.05 Å². The molecule has 0 aliphatic heterocycles. The van der Waals surface area contributed by atoms with Crippen molar-refractivity contribution in [2.45, 2.75) is 19.7 Å². The Kier molecular flexibility index (Phi) is 5.82. The van der Waals surface area contributed by atoms with Crippen LogP contribution < -0.4 is 0 Å². The van der Waals surface area contributed by atoms with Crippen LogP contribution in [-0.2, 0) is 13.6 Å². The molecule has 18 heavy (non-hydrogen) atoms. The minimum Gasteiger partial charge on any atom is -0.508 e. The van der Waals surface area contributed by atoms with Gasteiger partial charge in [0.1, 0.15) is 5.75 Å². The lowest BCUT2D eigenvalue weighted by molar-refractivity contribution is 0.148. The Hall–Kier alpha value is -0.390. The van der Waals surface area contributed by atoms with Gasteiger partial charge in [-0.2, -0.15) is 0 Å². The fourth-order valence-electron chi connectivity index (χ4n) is 1.44. The minimum absolute atomic E-state index is 0.106. The highest BCUT2D eigenvalue weighted by Gasteiger charge is 2.36. The maximum atomic E-state index is 12.4. The van der Waals surface area contributed by atoms with Gasteiger partial charge in [-0.05, 0) is 32.0 Å². The van der Waals surface area contributed by atoms with Gasteiger partial charge in [-0.1, -0.05) is 15.9 Å². The fourth-order valence-corrected chi connectivity index (χ4v) is 3.44. The molecule has 0 heterocycles. The lowest BCUT2D eigenvalue weighted by Crippen LogP contribution is -2.06. The van der Waals surface area contributed by atoms with Crippen molar-refractivity contribution in [1.82, 2.24) is 0 Å². The highest BCUT2D eigenvalue weighted by atomic mass is 79.9. The summed E-state index contributed by atoms with van der Waals surface area (Å²) in [5.41, 5.74) is 0.106. The molecule has 0 bridgehead atoms. The molecule has 0 unspecified atom stereocenters. The molecule has 2 N–H and O–H groups in total. The number of aliphatic hydroxyl groups is 1. The summed E-state index contributed by atoms with van der Waals surface area (Å²) in [6.07, 6.45) is 0. The van der Waals surface area contributed by atoms with Crippen molar-refractivity contribution in [3.63, 3.8) is 0 Å². The molecule has 0 aromatic heterocycles. The lowest BCUT2D eigenvalue weighted by atomic mass is 10.2. The lowest BCUT2D eigenvalue weighted by Gasteiger charge is -2.23. The second-order valence-corrected chi connectivity index (χ2v) is 6.45. The van der Waals surface area contributed by atoms with Crippen LogP contribution in [0.5, 0.6) is 5.75 Å². The Morgan fingerprint density at radius 1 is 1.33 bits per heavy atom. The van der Waals surface area contributed by atoms with Gasteiger partial charge < -0.3 is 19.3 Å². The summed E-state index contributed by atoms with van der Waals surface area (Å²) >= 11 is 3.22. The van der Waals surface area contributed by atoms with E-state index in [0.717, 1.165) is 0 Å². The Morgan fingerprint density at radius 3 is 2.39 bits per heavy atom. The summed E-state index contributed by atoms with van der Waals surface area (Å²) in [5, 5.41) is 19.8. The van der Waals surface area contributed by atoms with E-state index in [1.807, 2.05) is 0 Å². The van der Waals surface area contributed by atoms with E-state index in [2.05, 4.69) is 15.9 Å². The largest absolute Gasteiger partial charge is 0.508 e. The summed E-state index contributed by atoms with van der Waals surface area (Å²) in [7, 11) is -3.70. The van der Waals surface area contributed by atoms with Crippen LogP contribution in [0.2, 0.25) is 0 Å². The first-order valence-corrected chi connectivity index (χ1v) is 7.90. The van der Waals surface area contributed by atoms with Crippen molar-refractivity contribution < 1.29 is 23.8 Å². The van der Waals surface area contributed by atoms with Crippen LogP contribution in [0.3, 0.4) is 0 Å². The van der Waals surface area contributed by atoms with Gasteiger partial charge in [0.05, 0.1) is 13.2 Å². The van der Waals surface area contributed by atoms with E-state index in [9.17, 15) is 14.8 Å². The molecule has 102 valence electrons. The molecule has 0 saturated carbocycles. The topological polar surface area (TPSA) is 76.0 Å². The molecule has 0 amide bonds. The van der Waals surface area contributed by atoms with Crippen molar-refractivity contribution in [1.29, 1.82) is 0 Å². The van der Waals surface area contributed by atoms with Crippen LogP contribution in [0, 0.1) is 0 Å². The number of aromatic hydroxyl groups is 1. The van der Waals surface area contributed by atoms with E-state index in [1.165, 1.54) is 12.1 Å². The number of hydrogen-bond donors (Lipinski definition) is 2. The predicted octanol–water partition coefficient (Wildman–Crippen LogP) is 3.41. The molecular formula is C11H16BrO5P. The quantitative estimate of drug-likeness (QED) is 0.777. The minimum atomic E-state index is -3.70. The van der Waals surface area contributed by atoms with Crippen molar-refractivity contribution in [3.05, 3.63) is 28.2 Å². The van der Waals surface area contributed by atoms with E-state index < -0.39 is 13.4 Å². The zero-order valence-corrected chi connectivity index (χ0v) is 12.6. The number of aliphatic hydroxyl groups excluding tert-OH is 1. The first-order chi connectivity index (χ1) is 8.44. The summed E-state index contributed by atoms with van der Waals surface area (Å²) in [4.78, 5) is 0. The van der Waals surface area contributed by atoms with Crippen LogP contribution in [0.1, 0.15) is 25.3 Å². The number of benzene rings is 1. The summed E-state index contributed by atoms with van der Waals surface area (Å²) in [6.45, 7) is 3.59. The van der Waals surface area contributed by atoms with Gasteiger partial charge in [-0.15, -0.1) is 0 Å². The van der Waals surface area contributed by atoms with Gasteiger partial charge in [0.2, 0.25) is 0 Å². The van der Waals surface area contributed by atoms with E-state index >= 15 is 0 Å². The molecule has 0 aliphatic carbocycles. The predicted molar refractivity (Wildman–Crippen MR) is 71.6 cm³/mol. The number of hydrogen-bond acceptors (Lipinski definition) is 5. The van der Waals surface area contributed by atoms with Gasteiger partial charge in [0, 0.05) is 10.0 Å². The molecule has 0 spiro atoms. The monoisotopic (exact) mass is 338 g/mol. The number of halogens is 1. The normalized spacial score (nSPS) is 13.6. The van der Waals surface area contributed by atoms with Gasteiger partial charge in [-0.3, -0.25) is 4.57 Å². The third kappa shape index (κ3) is 3.56. The summed E-state index contributed by atoms with van der Waals surface area (Å²) in [5.74, 6) is -1.68. The third-order valence-corrected chi connectivity index (χ3v) is 4.79. The Morgan fingerprint density at radius 2 is 1.89 bits per heavy atom. The molecule has 5 nitrogen and oxygen atoms in total. The number of rotatable bonds is 6. The second-order valence-electron chi connectivity index (χ2n) is 3.45. The van der Waals surface area contributed by atoms with Crippen LogP contribution in [0.15, 0.2) is 22.7 Å². The van der Waals surface area contributed by atoms with Crippen LogP contribution in [0.25, 0.3) is 0 Å². The molecule has 0 aliphatic rings. The molecule has 1 rings (SSSR count). The average Bonchev–Trinajstić information content (AvgIpc) is 2.32. The first-order valence-electron chi connectivity index (χ1n) is 5.49. The van der Waals surface area contributed by atoms with Crippen LogP contribution in [0.4, 0.5) is 0 Å². The van der Waals surface area contributed by atoms with Crippen molar-refractivity contribution in [2.75, 3.05) is 13.2 Å². The van der Waals surface area contributed by atoms with Gasteiger partial charge in [0.15, 0.2) is 5.85 Å². The Bertz CT molecular complexity index is 441. The van der Waals surface area contributed by atoms with E-state index in [-0.39, 0.29) is 24.5 Å². The van der Waals surface area contributed by atoms with Gasteiger partial charge in [0.25, 0.3) is 0 Å². The maximum Gasteiger partial charge on any atom is 0.363 e. The summed E-state index contributed by atoms with van der Waals surface area (Å²) < 4.78 is 23.1. The second kappa shape index (κ2) is 6.68. The highest BCUT2D eigenvalue weighted by Crippen LogP contribution is 2.60.